The maximum absolute atomic E-state index is 10.5. The second kappa shape index (κ2) is 11.1. The van der Waals surface area contributed by atoms with Crippen LogP contribution in [0, 0.1) is 11.8 Å². The third kappa shape index (κ3) is 6.71. The predicted octanol–water partition coefficient (Wildman–Crippen LogP) is 3.64. The number of hydrogen-bond acceptors (Lipinski definition) is 5. The van der Waals surface area contributed by atoms with Crippen molar-refractivity contribution in [2.45, 2.75) is 83.0 Å². The van der Waals surface area contributed by atoms with Crippen LogP contribution in [0.4, 0.5) is 0 Å². The highest BCUT2D eigenvalue weighted by Gasteiger charge is 2.44. The number of nitrogens with zero attached hydrogens (tertiary/aromatic N) is 1. The van der Waals surface area contributed by atoms with E-state index in [-0.39, 0.29) is 24.5 Å². The van der Waals surface area contributed by atoms with Crippen molar-refractivity contribution in [3.8, 4) is 0 Å². The molecule has 6 heteroatoms. The number of thioether (sulfide) groups is 1. The van der Waals surface area contributed by atoms with Gasteiger partial charge in [-0.05, 0) is 37.4 Å². The van der Waals surface area contributed by atoms with Gasteiger partial charge in [0.15, 0.2) is 0 Å². The van der Waals surface area contributed by atoms with Crippen molar-refractivity contribution in [2.75, 3.05) is 5.75 Å². The van der Waals surface area contributed by atoms with E-state index in [2.05, 4.69) is 6.92 Å². The Balaban J connectivity index is 1.75. The third-order valence-corrected chi connectivity index (χ3v) is 6.45. The van der Waals surface area contributed by atoms with E-state index in [0.29, 0.717) is 18.8 Å². The molecule has 148 valence electrons. The molecule has 1 saturated carbocycles. The van der Waals surface area contributed by atoms with Gasteiger partial charge >= 0.3 is 5.97 Å². The van der Waals surface area contributed by atoms with Crippen LogP contribution in [-0.2, 0) is 4.79 Å². The van der Waals surface area contributed by atoms with Crippen LogP contribution < -0.4 is 0 Å². The summed E-state index contributed by atoms with van der Waals surface area (Å²) in [5, 5.41) is 30.2. The van der Waals surface area contributed by atoms with Gasteiger partial charge in [0, 0.05) is 18.8 Å². The number of carbonyl (C=O) groups is 1. The molecule has 0 aromatic heterocycles. The summed E-state index contributed by atoms with van der Waals surface area (Å²) in [6, 6.07) is 0.193. The Hall–Kier alpha value is -0.850. The zero-order valence-electron chi connectivity index (χ0n) is 15.7. The summed E-state index contributed by atoms with van der Waals surface area (Å²) in [6.07, 6.45) is 10.6. The number of unbranched alkanes of at least 4 members (excludes halogenated alkanes) is 3. The SMILES string of the molecule is CCCCCC(O)C=CC1C(O)CC2N=C(SCCCCC(=O)O)CC21. The summed E-state index contributed by atoms with van der Waals surface area (Å²) in [4.78, 5) is 15.3. The van der Waals surface area contributed by atoms with Crippen LogP contribution in [-0.4, -0.2) is 50.3 Å². The number of aliphatic carboxylic acids is 1. The quantitative estimate of drug-likeness (QED) is 0.374. The fourth-order valence-electron chi connectivity index (χ4n) is 3.87. The Morgan fingerprint density at radius 2 is 2.15 bits per heavy atom. The number of hydrogen-bond donors (Lipinski definition) is 3. The minimum Gasteiger partial charge on any atom is -0.481 e. The van der Waals surface area contributed by atoms with Gasteiger partial charge in [-0.15, -0.1) is 11.8 Å². The van der Waals surface area contributed by atoms with E-state index >= 15 is 0 Å². The predicted molar refractivity (Wildman–Crippen MR) is 107 cm³/mol. The van der Waals surface area contributed by atoms with E-state index in [1.807, 2.05) is 12.2 Å². The molecule has 0 amide bonds. The number of aliphatic hydroxyl groups is 2. The van der Waals surface area contributed by atoms with E-state index in [1.165, 1.54) is 0 Å². The standard InChI is InChI=1S/C20H33NO4S/c1-2-3-4-7-14(22)9-10-15-16-12-19(21-17(16)13-18(15)23)26-11-6-5-8-20(24)25/h9-10,14-18,22-23H,2-8,11-13H2,1H3,(H,24,25). The highest BCUT2D eigenvalue weighted by Crippen LogP contribution is 2.43. The van der Waals surface area contributed by atoms with Crippen molar-refractivity contribution in [3.63, 3.8) is 0 Å². The van der Waals surface area contributed by atoms with Gasteiger partial charge in [-0.1, -0.05) is 38.3 Å². The highest BCUT2D eigenvalue weighted by atomic mass is 32.2. The molecule has 0 aromatic carbocycles. The second-order valence-electron chi connectivity index (χ2n) is 7.49. The molecule has 3 N–H and O–H groups in total. The molecule has 0 spiro atoms. The molecule has 0 bridgehead atoms. The molecular formula is C20H33NO4S. The summed E-state index contributed by atoms with van der Waals surface area (Å²) >= 11 is 1.74. The van der Waals surface area contributed by atoms with Gasteiger partial charge in [0.2, 0.25) is 0 Å². The van der Waals surface area contributed by atoms with E-state index in [4.69, 9.17) is 10.1 Å². The van der Waals surface area contributed by atoms with Crippen LogP contribution in [0.15, 0.2) is 17.1 Å². The molecule has 1 fully saturated rings. The molecule has 0 aromatic rings. The van der Waals surface area contributed by atoms with Gasteiger partial charge in [0.05, 0.1) is 23.3 Å². The molecule has 5 nitrogen and oxygen atoms in total. The number of carboxylic acid groups (broad SMARTS) is 1. The molecule has 1 aliphatic heterocycles. The summed E-state index contributed by atoms with van der Waals surface area (Å²) in [5.74, 6) is 0.591. The van der Waals surface area contributed by atoms with Gasteiger partial charge in [-0.25, -0.2) is 0 Å². The fraction of sp³-hybridized carbons (Fsp3) is 0.800. The van der Waals surface area contributed by atoms with Crippen molar-refractivity contribution in [2.24, 2.45) is 16.8 Å². The van der Waals surface area contributed by atoms with Crippen molar-refractivity contribution >= 4 is 22.8 Å². The lowest BCUT2D eigenvalue weighted by atomic mass is 9.91. The lowest BCUT2D eigenvalue weighted by Crippen LogP contribution is -2.19. The topological polar surface area (TPSA) is 90.1 Å². The minimum atomic E-state index is -0.733. The van der Waals surface area contributed by atoms with Gasteiger partial charge in [-0.3, -0.25) is 9.79 Å². The van der Waals surface area contributed by atoms with Crippen molar-refractivity contribution in [3.05, 3.63) is 12.2 Å². The molecule has 26 heavy (non-hydrogen) atoms. The number of aliphatic imine (C=N–C) groups is 1. The van der Waals surface area contributed by atoms with E-state index < -0.39 is 12.1 Å². The zero-order valence-corrected chi connectivity index (χ0v) is 16.5. The van der Waals surface area contributed by atoms with Crippen LogP contribution in [0.1, 0.15) is 64.7 Å². The molecular weight excluding hydrogens is 350 g/mol. The first-order chi connectivity index (χ1) is 12.5. The van der Waals surface area contributed by atoms with Crippen molar-refractivity contribution < 1.29 is 20.1 Å². The van der Waals surface area contributed by atoms with Gasteiger partial charge in [0.1, 0.15) is 0 Å². The Morgan fingerprint density at radius 3 is 2.88 bits per heavy atom. The first-order valence-corrected chi connectivity index (χ1v) is 11.0. The lowest BCUT2D eigenvalue weighted by Gasteiger charge is -2.17. The first kappa shape index (κ1) is 21.5. The summed E-state index contributed by atoms with van der Waals surface area (Å²) in [5.41, 5.74) is 0. The van der Waals surface area contributed by atoms with E-state index in [0.717, 1.165) is 49.3 Å². The Morgan fingerprint density at radius 1 is 1.35 bits per heavy atom. The Bertz CT molecular complexity index is 508. The van der Waals surface area contributed by atoms with Crippen molar-refractivity contribution in [1.29, 1.82) is 0 Å². The van der Waals surface area contributed by atoms with Crippen LogP contribution >= 0.6 is 11.8 Å². The van der Waals surface area contributed by atoms with Gasteiger partial charge < -0.3 is 15.3 Å². The number of aliphatic hydroxyl groups excluding tert-OH is 2. The van der Waals surface area contributed by atoms with Gasteiger partial charge in [-0.2, -0.15) is 0 Å². The number of carboxylic acids is 1. The first-order valence-electron chi connectivity index (χ1n) is 9.97. The summed E-state index contributed by atoms with van der Waals surface area (Å²) < 4.78 is 0. The Kier molecular flexibility index (Phi) is 9.16. The molecule has 0 radical (unpaired) electrons. The Labute approximate surface area is 161 Å². The maximum atomic E-state index is 10.5. The second-order valence-corrected chi connectivity index (χ2v) is 8.65. The largest absolute Gasteiger partial charge is 0.481 e. The van der Waals surface area contributed by atoms with Crippen molar-refractivity contribution in [1.82, 2.24) is 0 Å². The lowest BCUT2D eigenvalue weighted by molar-refractivity contribution is -0.137. The molecule has 2 rings (SSSR count). The molecule has 5 atom stereocenters. The highest BCUT2D eigenvalue weighted by molar-refractivity contribution is 8.13. The molecule has 5 unspecified atom stereocenters. The van der Waals surface area contributed by atoms with Crippen LogP contribution in [0.2, 0.25) is 0 Å². The summed E-state index contributed by atoms with van der Waals surface area (Å²) in [6.45, 7) is 2.15. The van der Waals surface area contributed by atoms with Gasteiger partial charge in [0.25, 0.3) is 0 Å². The molecule has 2 aliphatic rings. The smallest absolute Gasteiger partial charge is 0.303 e. The summed E-state index contributed by atoms with van der Waals surface area (Å²) in [7, 11) is 0. The monoisotopic (exact) mass is 383 g/mol. The zero-order chi connectivity index (χ0) is 18.9. The fourth-order valence-corrected chi connectivity index (χ4v) is 4.98. The van der Waals surface area contributed by atoms with Crippen LogP contribution in [0.3, 0.4) is 0 Å². The number of fused-ring (bicyclic) bond motifs is 1. The van der Waals surface area contributed by atoms with E-state index in [9.17, 15) is 15.0 Å². The van der Waals surface area contributed by atoms with E-state index in [1.54, 1.807) is 11.8 Å². The minimum absolute atomic E-state index is 0.0784. The normalized spacial score (nSPS) is 29.1. The van der Waals surface area contributed by atoms with Crippen LogP contribution in [0.25, 0.3) is 0 Å². The van der Waals surface area contributed by atoms with Crippen LogP contribution in [0.5, 0.6) is 0 Å². The average molecular weight is 384 g/mol. The molecule has 1 aliphatic carbocycles. The third-order valence-electron chi connectivity index (χ3n) is 5.35. The average Bonchev–Trinajstić information content (AvgIpc) is 3.09. The molecule has 1 heterocycles. The molecule has 0 saturated heterocycles. The number of rotatable bonds is 11. The maximum Gasteiger partial charge on any atom is 0.303 e.